The summed E-state index contributed by atoms with van der Waals surface area (Å²) in [5, 5.41) is 16.4. The molecule has 8 heteroatoms. The average Bonchev–Trinajstić information content (AvgIpc) is 2.76. The Hall–Kier alpha value is -1.68. The average molecular weight is 403 g/mol. The first kappa shape index (κ1) is 14.7. The van der Waals surface area contributed by atoms with Gasteiger partial charge in [0.1, 0.15) is 0 Å². The third-order valence-corrected chi connectivity index (χ3v) is 3.85. The summed E-state index contributed by atoms with van der Waals surface area (Å²) in [6, 6.07) is 4.24. The summed E-state index contributed by atoms with van der Waals surface area (Å²) >= 11 is 3.31. The molecule has 0 aliphatic rings. The molecule has 2 amide bonds. The molecule has 0 saturated heterocycles. The van der Waals surface area contributed by atoms with Crippen LogP contribution >= 0.6 is 33.9 Å². The Morgan fingerprint density at radius 3 is 2.70 bits per heavy atom. The second-order valence-corrected chi connectivity index (χ2v) is 5.97. The number of nitrogens with zero attached hydrogens (tertiary/aromatic N) is 1. The molecule has 1 aromatic carbocycles. The smallest absolute Gasteiger partial charge is 0.337 e. The molecule has 1 aromatic heterocycles. The third kappa shape index (κ3) is 3.67. The highest BCUT2D eigenvalue weighted by Crippen LogP contribution is 2.20. The molecule has 0 unspecified atom stereocenters. The molecule has 0 spiro atoms. The predicted octanol–water partition coefficient (Wildman–Crippen LogP) is 3.40. The van der Waals surface area contributed by atoms with E-state index in [2.05, 4.69) is 15.6 Å². The zero-order valence-electron chi connectivity index (χ0n) is 10.3. The second kappa shape index (κ2) is 6.18. The molecule has 1 heterocycles. The van der Waals surface area contributed by atoms with Gasteiger partial charge in [0.25, 0.3) is 0 Å². The zero-order valence-corrected chi connectivity index (χ0v) is 13.3. The number of thiazole rings is 1. The zero-order chi connectivity index (χ0) is 14.7. The van der Waals surface area contributed by atoms with Crippen molar-refractivity contribution in [3.05, 3.63) is 38.4 Å². The van der Waals surface area contributed by atoms with Crippen LogP contribution < -0.4 is 10.6 Å². The van der Waals surface area contributed by atoms with Crippen LogP contribution in [0.5, 0.6) is 0 Å². The molecule has 6 nitrogen and oxygen atoms in total. The first-order chi connectivity index (χ1) is 9.45. The maximum absolute atomic E-state index is 11.8. The standard InChI is InChI=1S/C12H10IN3O3S/c1-6-5-20-12(14-6)16-11(19)15-9-3-2-7(13)4-8(9)10(17)18/h2-5H,1H3,(H,17,18)(H2,14,15,16,19). The van der Waals surface area contributed by atoms with E-state index in [9.17, 15) is 9.59 Å². The van der Waals surface area contributed by atoms with E-state index in [1.54, 1.807) is 12.1 Å². The lowest BCUT2D eigenvalue weighted by molar-refractivity contribution is 0.0698. The van der Waals surface area contributed by atoms with E-state index in [0.717, 1.165) is 9.26 Å². The summed E-state index contributed by atoms with van der Waals surface area (Å²) in [5.74, 6) is -1.09. The summed E-state index contributed by atoms with van der Waals surface area (Å²) in [4.78, 5) is 27.0. The first-order valence-corrected chi connectivity index (χ1v) is 7.44. The number of aromatic nitrogens is 1. The SMILES string of the molecule is Cc1csc(NC(=O)Nc2ccc(I)cc2C(=O)O)n1. The number of rotatable bonds is 3. The van der Waals surface area contributed by atoms with Crippen molar-refractivity contribution in [3.63, 3.8) is 0 Å². The lowest BCUT2D eigenvalue weighted by atomic mass is 10.2. The fourth-order valence-electron chi connectivity index (χ4n) is 1.46. The van der Waals surface area contributed by atoms with Crippen molar-refractivity contribution in [3.8, 4) is 0 Å². The van der Waals surface area contributed by atoms with Crippen LogP contribution in [0, 0.1) is 10.5 Å². The lowest BCUT2D eigenvalue weighted by Crippen LogP contribution is -2.21. The van der Waals surface area contributed by atoms with Gasteiger partial charge in [-0.3, -0.25) is 5.32 Å². The van der Waals surface area contributed by atoms with Crippen molar-refractivity contribution in [1.29, 1.82) is 0 Å². The summed E-state index contributed by atoms with van der Waals surface area (Å²) < 4.78 is 0.779. The van der Waals surface area contributed by atoms with E-state index in [1.165, 1.54) is 17.4 Å². The number of hydrogen-bond acceptors (Lipinski definition) is 4. The van der Waals surface area contributed by atoms with Crippen LogP contribution in [0.1, 0.15) is 16.1 Å². The summed E-state index contributed by atoms with van der Waals surface area (Å²) in [6.07, 6.45) is 0. The number of halogens is 1. The van der Waals surface area contributed by atoms with Gasteiger partial charge in [-0.2, -0.15) is 0 Å². The minimum Gasteiger partial charge on any atom is -0.478 e. The number of aromatic carboxylic acids is 1. The molecule has 0 fully saturated rings. The Labute approximate surface area is 132 Å². The number of urea groups is 1. The molecule has 104 valence electrons. The summed E-state index contributed by atoms with van der Waals surface area (Å²) in [6.45, 7) is 1.82. The first-order valence-electron chi connectivity index (χ1n) is 5.48. The van der Waals surface area contributed by atoms with Crippen LogP contribution in [0.3, 0.4) is 0 Å². The molecule has 2 aromatic rings. The van der Waals surface area contributed by atoms with Gasteiger partial charge in [-0.25, -0.2) is 14.6 Å². The number of amides is 2. The molecule has 0 aliphatic heterocycles. The monoisotopic (exact) mass is 403 g/mol. The molecule has 20 heavy (non-hydrogen) atoms. The summed E-state index contributed by atoms with van der Waals surface area (Å²) in [7, 11) is 0. The number of anilines is 2. The van der Waals surface area contributed by atoms with E-state index in [4.69, 9.17) is 5.11 Å². The van der Waals surface area contributed by atoms with Crippen LogP contribution in [0.2, 0.25) is 0 Å². The van der Waals surface area contributed by atoms with Gasteiger partial charge in [-0.15, -0.1) is 11.3 Å². The lowest BCUT2D eigenvalue weighted by Gasteiger charge is -2.08. The minimum absolute atomic E-state index is 0.0439. The molecule has 0 atom stereocenters. The molecular weight excluding hydrogens is 393 g/mol. The number of carboxylic acid groups (broad SMARTS) is 1. The number of benzene rings is 1. The fraction of sp³-hybridized carbons (Fsp3) is 0.0833. The Morgan fingerprint density at radius 1 is 1.35 bits per heavy atom. The molecule has 0 saturated carbocycles. The molecule has 0 bridgehead atoms. The van der Waals surface area contributed by atoms with Crippen LogP contribution in [0.4, 0.5) is 15.6 Å². The van der Waals surface area contributed by atoms with E-state index < -0.39 is 12.0 Å². The Morgan fingerprint density at radius 2 is 2.10 bits per heavy atom. The van der Waals surface area contributed by atoms with Crippen molar-refractivity contribution in [2.45, 2.75) is 6.92 Å². The van der Waals surface area contributed by atoms with Crippen molar-refractivity contribution < 1.29 is 14.7 Å². The third-order valence-electron chi connectivity index (χ3n) is 2.30. The van der Waals surface area contributed by atoms with Gasteiger partial charge in [0.15, 0.2) is 5.13 Å². The van der Waals surface area contributed by atoms with Gasteiger partial charge in [0, 0.05) is 8.95 Å². The van der Waals surface area contributed by atoms with Gasteiger partial charge in [0.05, 0.1) is 16.9 Å². The normalized spacial score (nSPS) is 10.1. The Balaban J connectivity index is 2.13. The molecular formula is C12H10IN3O3S. The van der Waals surface area contributed by atoms with Gasteiger partial charge in [0.2, 0.25) is 0 Å². The predicted molar refractivity (Wildman–Crippen MR) is 85.6 cm³/mol. The van der Waals surface area contributed by atoms with E-state index in [0.29, 0.717) is 5.13 Å². The van der Waals surface area contributed by atoms with E-state index in [1.807, 2.05) is 34.9 Å². The number of hydrogen-bond donors (Lipinski definition) is 3. The number of carboxylic acids is 1. The quantitative estimate of drug-likeness (QED) is 0.686. The molecule has 3 N–H and O–H groups in total. The number of aryl methyl sites for hydroxylation is 1. The number of nitrogens with one attached hydrogen (secondary N) is 2. The van der Waals surface area contributed by atoms with Gasteiger partial charge in [-0.1, -0.05) is 0 Å². The van der Waals surface area contributed by atoms with E-state index >= 15 is 0 Å². The topological polar surface area (TPSA) is 91.3 Å². The fourth-order valence-corrected chi connectivity index (χ4v) is 2.64. The van der Waals surface area contributed by atoms with Gasteiger partial charge in [-0.05, 0) is 47.7 Å². The Bertz CT molecular complexity index is 672. The van der Waals surface area contributed by atoms with Crippen molar-refractivity contribution in [2.75, 3.05) is 10.6 Å². The van der Waals surface area contributed by atoms with Crippen LogP contribution in [0.25, 0.3) is 0 Å². The number of carbonyl (C=O) groups excluding carboxylic acids is 1. The van der Waals surface area contributed by atoms with Crippen LogP contribution in [-0.2, 0) is 0 Å². The van der Waals surface area contributed by atoms with Gasteiger partial charge < -0.3 is 10.4 Å². The highest BCUT2D eigenvalue weighted by Gasteiger charge is 2.13. The highest BCUT2D eigenvalue weighted by molar-refractivity contribution is 14.1. The van der Waals surface area contributed by atoms with Crippen molar-refractivity contribution in [2.24, 2.45) is 0 Å². The Kier molecular flexibility index (Phi) is 4.55. The molecule has 0 aliphatic carbocycles. The molecule has 2 rings (SSSR count). The number of carbonyl (C=O) groups is 2. The second-order valence-electron chi connectivity index (χ2n) is 3.87. The highest BCUT2D eigenvalue weighted by atomic mass is 127. The van der Waals surface area contributed by atoms with Crippen LogP contribution in [0.15, 0.2) is 23.6 Å². The van der Waals surface area contributed by atoms with Gasteiger partial charge >= 0.3 is 12.0 Å². The van der Waals surface area contributed by atoms with Crippen molar-refractivity contribution in [1.82, 2.24) is 4.98 Å². The molecule has 0 radical (unpaired) electrons. The maximum Gasteiger partial charge on any atom is 0.337 e. The van der Waals surface area contributed by atoms with E-state index in [-0.39, 0.29) is 11.3 Å². The summed E-state index contributed by atoms with van der Waals surface area (Å²) in [5.41, 5.74) is 1.09. The maximum atomic E-state index is 11.8. The largest absolute Gasteiger partial charge is 0.478 e. The van der Waals surface area contributed by atoms with Crippen LogP contribution in [-0.4, -0.2) is 22.1 Å². The van der Waals surface area contributed by atoms with Crippen molar-refractivity contribution >= 4 is 56.7 Å². The minimum atomic E-state index is -1.09.